The summed E-state index contributed by atoms with van der Waals surface area (Å²) in [7, 11) is -0.542. The summed E-state index contributed by atoms with van der Waals surface area (Å²) in [6.45, 7) is 3.76. The summed E-state index contributed by atoms with van der Waals surface area (Å²) >= 11 is 0. The van der Waals surface area contributed by atoms with Gasteiger partial charge in [0.15, 0.2) is 0 Å². The summed E-state index contributed by atoms with van der Waals surface area (Å²) in [5.74, 6) is -0.911. The van der Waals surface area contributed by atoms with Crippen molar-refractivity contribution in [3.05, 3.63) is 0 Å². The van der Waals surface area contributed by atoms with E-state index in [1.165, 1.54) is 18.4 Å². The summed E-state index contributed by atoms with van der Waals surface area (Å²) in [4.78, 5) is 10.4. The second-order valence-electron chi connectivity index (χ2n) is 3.99. The maximum Gasteiger partial charge on any atom is 0.303 e. The third-order valence-corrected chi connectivity index (χ3v) is 4.22. The first kappa shape index (κ1) is 15.3. The van der Waals surface area contributed by atoms with Gasteiger partial charge in [0.1, 0.15) is 0 Å². The molecule has 0 aliphatic carbocycles. The van der Waals surface area contributed by atoms with E-state index in [0.717, 1.165) is 4.31 Å². The van der Waals surface area contributed by atoms with E-state index >= 15 is 0 Å². The molecule has 16 heavy (non-hydrogen) atoms. The average molecular weight is 252 g/mol. The first-order valence-electron chi connectivity index (χ1n) is 5.10. The largest absolute Gasteiger partial charge is 0.481 e. The third-order valence-electron chi connectivity index (χ3n) is 2.10. The quantitative estimate of drug-likeness (QED) is 0.710. The highest BCUT2D eigenvalue weighted by Gasteiger charge is 2.26. The Bertz CT molecular complexity index is 324. The normalized spacial score (nSPS) is 12.7. The van der Waals surface area contributed by atoms with E-state index in [9.17, 15) is 13.2 Å². The maximum absolute atomic E-state index is 11.9. The monoisotopic (exact) mass is 252 g/mol. The van der Waals surface area contributed by atoms with Crippen molar-refractivity contribution < 1.29 is 18.3 Å². The van der Waals surface area contributed by atoms with E-state index in [1.807, 2.05) is 0 Å². The molecule has 0 spiro atoms. The van der Waals surface area contributed by atoms with Gasteiger partial charge in [0.05, 0.1) is 0 Å². The van der Waals surface area contributed by atoms with Crippen molar-refractivity contribution in [3.63, 3.8) is 0 Å². The molecule has 0 aliphatic rings. The van der Waals surface area contributed by atoms with Gasteiger partial charge in [-0.1, -0.05) is 0 Å². The fourth-order valence-corrected chi connectivity index (χ4v) is 2.55. The number of hydrogen-bond donors (Lipinski definition) is 1. The summed E-state index contributed by atoms with van der Waals surface area (Å²) in [6, 6.07) is -0.179. The molecule has 0 bridgehead atoms. The minimum Gasteiger partial charge on any atom is -0.481 e. The predicted octanol–water partition coefficient (Wildman–Crippen LogP) is 0.368. The molecule has 1 N–H and O–H groups in total. The number of carboxylic acids is 1. The lowest BCUT2D eigenvalue weighted by Crippen LogP contribution is -2.44. The molecule has 0 atom stereocenters. The van der Waals surface area contributed by atoms with Crippen LogP contribution in [0.1, 0.15) is 26.7 Å². The molecule has 0 aromatic rings. The number of carboxylic acid groups (broad SMARTS) is 1. The highest BCUT2D eigenvalue weighted by Crippen LogP contribution is 2.11. The van der Waals surface area contributed by atoms with Crippen LogP contribution in [0.15, 0.2) is 0 Å². The summed E-state index contributed by atoms with van der Waals surface area (Å²) in [5, 5.41) is 8.50. The Morgan fingerprint density at radius 2 is 1.81 bits per heavy atom. The molecule has 0 amide bonds. The van der Waals surface area contributed by atoms with Crippen LogP contribution in [0.3, 0.4) is 0 Å². The number of carbonyl (C=O) groups is 1. The summed E-state index contributed by atoms with van der Waals surface area (Å²) < 4.78 is 26.1. The van der Waals surface area contributed by atoms with Gasteiger partial charge in [0.2, 0.25) is 0 Å². The van der Waals surface area contributed by atoms with Crippen LogP contribution in [0.2, 0.25) is 0 Å². The Morgan fingerprint density at radius 1 is 1.31 bits per heavy atom. The van der Waals surface area contributed by atoms with Gasteiger partial charge in [-0.05, 0) is 20.3 Å². The molecule has 0 heterocycles. The number of nitrogens with zero attached hydrogens (tertiary/aromatic N) is 2. The molecular weight excluding hydrogens is 232 g/mol. The van der Waals surface area contributed by atoms with Crippen molar-refractivity contribution >= 4 is 16.2 Å². The molecule has 0 saturated carbocycles. The summed E-state index contributed by atoms with van der Waals surface area (Å²) in [6.07, 6.45) is 0.298. The van der Waals surface area contributed by atoms with Crippen LogP contribution in [0, 0.1) is 0 Å². The van der Waals surface area contributed by atoms with Crippen LogP contribution >= 0.6 is 0 Å². The molecule has 0 radical (unpaired) electrons. The highest BCUT2D eigenvalue weighted by molar-refractivity contribution is 7.86. The highest BCUT2D eigenvalue weighted by atomic mass is 32.2. The average Bonchev–Trinajstić information content (AvgIpc) is 2.10. The molecule has 0 rings (SSSR count). The molecule has 0 unspecified atom stereocenters. The molecular formula is C9H20N2O4S. The Morgan fingerprint density at radius 3 is 2.12 bits per heavy atom. The molecule has 96 valence electrons. The van der Waals surface area contributed by atoms with E-state index in [-0.39, 0.29) is 19.0 Å². The van der Waals surface area contributed by atoms with Crippen molar-refractivity contribution in [1.82, 2.24) is 8.61 Å². The topological polar surface area (TPSA) is 77.9 Å². The van der Waals surface area contributed by atoms with Crippen molar-refractivity contribution in [2.24, 2.45) is 0 Å². The van der Waals surface area contributed by atoms with Crippen molar-refractivity contribution in [3.8, 4) is 0 Å². The predicted molar refractivity (Wildman–Crippen MR) is 61.3 cm³/mol. The first-order valence-corrected chi connectivity index (χ1v) is 6.50. The van der Waals surface area contributed by atoms with Gasteiger partial charge in [0, 0.05) is 33.1 Å². The summed E-state index contributed by atoms with van der Waals surface area (Å²) in [5.41, 5.74) is 0. The van der Waals surface area contributed by atoms with E-state index in [1.54, 1.807) is 13.8 Å². The molecule has 0 aromatic heterocycles. The van der Waals surface area contributed by atoms with Gasteiger partial charge in [0.25, 0.3) is 10.2 Å². The second kappa shape index (κ2) is 6.17. The zero-order valence-electron chi connectivity index (χ0n) is 10.2. The van der Waals surface area contributed by atoms with Gasteiger partial charge in [-0.2, -0.15) is 17.0 Å². The molecule has 0 aromatic carbocycles. The minimum atomic E-state index is -3.46. The molecule has 7 heteroatoms. The van der Waals surface area contributed by atoms with Gasteiger partial charge in [-0.15, -0.1) is 0 Å². The Balaban J connectivity index is 4.58. The lowest BCUT2D eigenvalue weighted by Gasteiger charge is -2.28. The lowest BCUT2D eigenvalue weighted by molar-refractivity contribution is -0.137. The van der Waals surface area contributed by atoms with Crippen molar-refractivity contribution in [2.45, 2.75) is 32.7 Å². The Labute approximate surface area is 97.0 Å². The number of aliphatic carboxylic acids is 1. The van der Waals surface area contributed by atoms with Gasteiger partial charge >= 0.3 is 5.97 Å². The van der Waals surface area contributed by atoms with Crippen LogP contribution in [-0.4, -0.2) is 54.8 Å². The third kappa shape index (κ3) is 4.46. The van der Waals surface area contributed by atoms with Crippen LogP contribution in [0.5, 0.6) is 0 Å². The molecule has 0 saturated heterocycles. The van der Waals surface area contributed by atoms with Crippen LogP contribution < -0.4 is 0 Å². The maximum atomic E-state index is 11.9. The Hall–Kier alpha value is -0.660. The molecule has 0 fully saturated rings. The van der Waals surface area contributed by atoms with Crippen molar-refractivity contribution in [1.29, 1.82) is 0 Å². The molecule has 0 aliphatic heterocycles. The smallest absolute Gasteiger partial charge is 0.303 e. The number of rotatable bonds is 7. The first-order chi connectivity index (χ1) is 7.19. The SMILES string of the molecule is CC(C)N(CCCC(=O)O)S(=O)(=O)N(C)C. The minimum absolute atomic E-state index is 0.0217. The van der Waals surface area contributed by atoms with Crippen LogP contribution in [0.25, 0.3) is 0 Å². The van der Waals surface area contributed by atoms with Crippen LogP contribution in [-0.2, 0) is 15.0 Å². The fraction of sp³-hybridized carbons (Fsp3) is 0.889. The van der Waals surface area contributed by atoms with E-state index in [2.05, 4.69) is 0 Å². The van der Waals surface area contributed by atoms with E-state index in [0.29, 0.717) is 6.42 Å². The second-order valence-corrected chi connectivity index (χ2v) is 6.09. The lowest BCUT2D eigenvalue weighted by atomic mass is 10.3. The van der Waals surface area contributed by atoms with Gasteiger partial charge in [-0.3, -0.25) is 4.79 Å². The molecule has 6 nitrogen and oxygen atoms in total. The van der Waals surface area contributed by atoms with Crippen molar-refractivity contribution in [2.75, 3.05) is 20.6 Å². The fourth-order valence-electron chi connectivity index (χ4n) is 1.24. The zero-order chi connectivity index (χ0) is 12.9. The zero-order valence-corrected chi connectivity index (χ0v) is 11.0. The number of hydrogen-bond acceptors (Lipinski definition) is 3. The Kier molecular flexibility index (Phi) is 5.91. The van der Waals surface area contributed by atoms with Gasteiger partial charge < -0.3 is 5.11 Å². The standard InChI is InChI=1S/C9H20N2O4S/c1-8(2)11(7-5-6-9(12)13)16(14,15)10(3)4/h8H,5-7H2,1-4H3,(H,12,13). The van der Waals surface area contributed by atoms with Crippen LogP contribution in [0.4, 0.5) is 0 Å². The van der Waals surface area contributed by atoms with E-state index < -0.39 is 16.2 Å². The van der Waals surface area contributed by atoms with Gasteiger partial charge in [-0.25, -0.2) is 0 Å². The van der Waals surface area contributed by atoms with E-state index in [4.69, 9.17) is 5.11 Å².